The molecule has 2 saturated heterocycles. The van der Waals surface area contributed by atoms with Gasteiger partial charge in [0.15, 0.2) is 5.69 Å². The molecule has 7 heteroatoms. The Morgan fingerprint density at radius 3 is 2.83 bits per heavy atom. The maximum absolute atomic E-state index is 13.1. The molecule has 4 rings (SSSR count). The number of nitrogens with zero attached hydrogens (tertiary/aromatic N) is 3. The number of hydrogen-bond acceptors (Lipinski definition) is 6. The van der Waals surface area contributed by atoms with Gasteiger partial charge in [0.05, 0.1) is 12.2 Å². The maximum atomic E-state index is 13.1. The first-order valence-corrected chi connectivity index (χ1v) is 10.6. The van der Waals surface area contributed by atoms with Gasteiger partial charge in [-0.3, -0.25) is 4.79 Å². The first kappa shape index (κ1) is 20.9. The third-order valence-corrected chi connectivity index (χ3v) is 6.29. The van der Waals surface area contributed by atoms with Crippen LogP contribution in [0.2, 0.25) is 0 Å². The largest absolute Gasteiger partial charge is 0.489 e. The third kappa shape index (κ3) is 4.09. The van der Waals surface area contributed by atoms with Crippen LogP contribution in [0.1, 0.15) is 40.7 Å². The number of carbonyl (C=O) groups is 1. The van der Waals surface area contributed by atoms with Gasteiger partial charge in [-0.25, -0.2) is 0 Å². The van der Waals surface area contributed by atoms with E-state index < -0.39 is 0 Å². The molecule has 0 radical (unpaired) electrons. The molecule has 0 aliphatic carbocycles. The highest BCUT2D eigenvalue weighted by molar-refractivity contribution is 5.94. The zero-order chi connectivity index (χ0) is 21.3. The molecule has 1 atom stereocenters. The van der Waals surface area contributed by atoms with Gasteiger partial charge in [-0.2, -0.15) is 0 Å². The summed E-state index contributed by atoms with van der Waals surface area (Å²) in [5.41, 5.74) is 2.39. The van der Waals surface area contributed by atoms with E-state index >= 15 is 0 Å². The molecule has 3 heterocycles. The second-order valence-corrected chi connectivity index (χ2v) is 8.76. The van der Waals surface area contributed by atoms with Gasteiger partial charge in [0.25, 0.3) is 5.91 Å². The molecule has 0 bridgehead atoms. The van der Waals surface area contributed by atoms with Crippen molar-refractivity contribution < 1.29 is 18.8 Å². The van der Waals surface area contributed by atoms with Crippen LogP contribution in [0, 0.1) is 19.3 Å². The Labute approximate surface area is 177 Å². The number of carbonyl (C=O) groups excluding carboxylic acids is 1. The number of aromatic nitrogens is 1. The molecular formula is C23H31N3O4. The van der Waals surface area contributed by atoms with Crippen molar-refractivity contribution in [2.24, 2.45) is 5.41 Å². The lowest BCUT2D eigenvalue weighted by Crippen LogP contribution is -2.59. The van der Waals surface area contributed by atoms with E-state index in [9.17, 15) is 4.79 Å². The number of aryl methyl sites for hydroxylation is 2. The fourth-order valence-corrected chi connectivity index (χ4v) is 4.69. The van der Waals surface area contributed by atoms with Crippen molar-refractivity contribution in [3.8, 4) is 5.75 Å². The van der Waals surface area contributed by atoms with Crippen molar-refractivity contribution in [1.82, 2.24) is 15.0 Å². The van der Waals surface area contributed by atoms with Crippen molar-refractivity contribution in [2.45, 2.75) is 39.8 Å². The van der Waals surface area contributed by atoms with Crippen LogP contribution in [0.25, 0.3) is 0 Å². The second-order valence-electron chi connectivity index (χ2n) is 8.76. The molecule has 2 aliphatic heterocycles. The Hall–Kier alpha value is -2.38. The highest BCUT2D eigenvalue weighted by atomic mass is 16.5. The molecule has 1 aromatic heterocycles. The molecule has 1 amide bonds. The average Bonchev–Trinajstić information content (AvgIpc) is 3.23. The number of benzene rings is 1. The van der Waals surface area contributed by atoms with Gasteiger partial charge in [0, 0.05) is 37.7 Å². The van der Waals surface area contributed by atoms with E-state index in [1.807, 2.05) is 49.9 Å². The minimum atomic E-state index is -0.0729. The van der Waals surface area contributed by atoms with Gasteiger partial charge in [-0.1, -0.05) is 17.3 Å². The Bertz CT molecular complexity index is 904. The SMILES string of the molecule is CCOCC1CC2(CN(C(=O)c3noc(C)c3COc3cccc(C)c3)C2)CN1C. The van der Waals surface area contributed by atoms with Crippen molar-refractivity contribution in [3.63, 3.8) is 0 Å². The van der Waals surface area contributed by atoms with E-state index in [2.05, 4.69) is 17.1 Å². The standard InChI is InChI=1S/C23H31N3O4/c1-5-28-11-18-10-23(13-25(18)4)14-26(15-23)22(27)21-20(17(3)30-24-21)12-29-19-8-6-7-16(2)9-19/h6-9,18H,5,10-15H2,1-4H3. The van der Waals surface area contributed by atoms with Gasteiger partial charge in [0.2, 0.25) is 0 Å². The van der Waals surface area contributed by atoms with Crippen LogP contribution in [0.4, 0.5) is 0 Å². The lowest BCUT2D eigenvalue weighted by Gasteiger charge is -2.47. The topological polar surface area (TPSA) is 68.0 Å². The van der Waals surface area contributed by atoms with Crippen molar-refractivity contribution in [2.75, 3.05) is 39.9 Å². The first-order valence-electron chi connectivity index (χ1n) is 10.6. The molecule has 7 nitrogen and oxygen atoms in total. The van der Waals surface area contributed by atoms with Crippen LogP contribution >= 0.6 is 0 Å². The second kappa shape index (κ2) is 8.40. The summed E-state index contributed by atoms with van der Waals surface area (Å²) in [6, 6.07) is 8.28. The maximum Gasteiger partial charge on any atom is 0.276 e. The van der Waals surface area contributed by atoms with Crippen LogP contribution in [-0.2, 0) is 11.3 Å². The molecular weight excluding hydrogens is 382 g/mol. The minimum absolute atomic E-state index is 0.0729. The lowest BCUT2D eigenvalue weighted by molar-refractivity contribution is 0.0101. The number of amides is 1. The fourth-order valence-electron chi connectivity index (χ4n) is 4.69. The highest BCUT2D eigenvalue weighted by Crippen LogP contribution is 2.42. The minimum Gasteiger partial charge on any atom is -0.489 e. The van der Waals surface area contributed by atoms with Crippen molar-refractivity contribution >= 4 is 5.91 Å². The van der Waals surface area contributed by atoms with Gasteiger partial charge in [-0.05, 0) is 51.9 Å². The van der Waals surface area contributed by atoms with E-state index in [0.717, 1.165) is 56.1 Å². The molecule has 162 valence electrons. The van der Waals surface area contributed by atoms with Crippen LogP contribution in [-0.4, -0.2) is 66.8 Å². The summed E-state index contributed by atoms with van der Waals surface area (Å²) < 4.78 is 16.9. The zero-order valence-corrected chi connectivity index (χ0v) is 18.3. The monoisotopic (exact) mass is 413 g/mol. The number of ether oxygens (including phenoxy) is 2. The van der Waals surface area contributed by atoms with Crippen molar-refractivity contribution in [1.29, 1.82) is 0 Å². The normalized spacial score (nSPS) is 20.5. The van der Waals surface area contributed by atoms with Crippen LogP contribution in [0.3, 0.4) is 0 Å². The molecule has 0 saturated carbocycles. The van der Waals surface area contributed by atoms with Crippen LogP contribution in [0.5, 0.6) is 5.75 Å². The van der Waals surface area contributed by atoms with E-state index in [-0.39, 0.29) is 17.9 Å². The molecule has 0 N–H and O–H groups in total. The van der Waals surface area contributed by atoms with E-state index in [1.54, 1.807) is 0 Å². The summed E-state index contributed by atoms with van der Waals surface area (Å²) in [7, 11) is 2.14. The van der Waals surface area contributed by atoms with E-state index in [1.165, 1.54) is 0 Å². The summed E-state index contributed by atoms with van der Waals surface area (Å²) in [6.07, 6.45) is 1.06. The quantitative estimate of drug-likeness (QED) is 0.695. The third-order valence-electron chi connectivity index (χ3n) is 6.29. The number of hydrogen-bond donors (Lipinski definition) is 0. The number of likely N-dealkylation sites (N-methyl/N-ethyl adjacent to an activating group) is 1. The average molecular weight is 414 g/mol. The predicted octanol–water partition coefficient (Wildman–Crippen LogP) is 3.05. The molecule has 1 spiro atoms. The smallest absolute Gasteiger partial charge is 0.276 e. The predicted molar refractivity (Wildman–Crippen MR) is 113 cm³/mol. The Morgan fingerprint density at radius 2 is 2.10 bits per heavy atom. The molecule has 1 unspecified atom stereocenters. The van der Waals surface area contributed by atoms with E-state index in [0.29, 0.717) is 17.5 Å². The van der Waals surface area contributed by atoms with Gasteiger partial charge >= 0.3 is 0 Å². The zero-order valence-electron chi connectivity index (χ0n) is 18.3. The Balaban J connectivity index is 1.38. The van der Waals surface area contributed by atoms with Crippen LogP contribution in [0.15, 0.2) is 28.8 Å². The van der Waals surface area contributed by atoms with Crippen LogP contribution < -0.4 is 4.74 Å². The Kier molecular flexibility index (Phi) is 5.84. The molecule has 2 fully saturated rings. The lowest BCUT2D eigenvalue weighted by atomic mass is 9.77. The summed E-state index contributed by atoms with van der Waals surface area (Å²) in [6.45, 7) is 10.1. The summed E-state index contributed by atoms with van der Waals surface area (Å²) in [5, 5.41) is 4.06. The molecule has 2 aliphatic rings. The molecule has 2 aromatic rings. The summed E-state index contributed by atoms with van der Waals surface area (Å²) >= 11 is 0. The van der Waals surface area contributed by atoms with E-state index in [4.69, 9.17) is 14.0 Å². The fraction of sp³-hybridized carbons (Fsp3) is 0.565. The first-order chi connectivity index (χ1) is 14.4. The Morgan fingerprint density at radius 1 is 1.30 bits per heavy atom. The van der Waals surface area contributed by atoms with Crippen molar-refractivity contribution in [3.05, 3.63) is 46.8 Å². The summed E-state index contributed by atoms with van der Waals surface area (Å²) in [4.78, 5) is 17.4. The van der Waals surface area contributed by atoms with Gasteiger partial charge in [-0.15, -0.1) is 0 Å². The highest BCUT2D eigenvalue weighted by Gasteiger charge is 2.52. The number of rotatable bonds is 7. The number of likely N-dealkylation sites (tertiary alicyclic amines) is 2. The van der Waals surface area contributed by atoms with Gasteiger partial charge in [0.1, 0.15) is 18.1 Å². The van der Waals surface area contributed by atoms with Gasteiger partial charge < -0.3 is 23.8 Å². The summed E-state index contributed by atoms with van der Waals surface area (Å²) in [5.74, 6) is 1.32. The molecule has 1 aromatic carbocycles. The molecule has 30 heavy (non-hydrogen) atoms.